The molecule has 1 aromatic rings. The van der Waals surface area contributed by atoms with Crippen LogP contribution in [-0.2, 0) is 0 Å². The predicted molar refractivity (Wildman–Crippen MR) is 65.5 cm³/mol. The summed E-state index contributed by atoms with van der Waals surface area (Å²) in [7, 11) is 0. The Labute approximate surface area is 104 Å². The van der Waals surface area contributed by atoms with Crippen LogP contribution in [-0.4, -0.2) is 11.2 Å². The van der Waals surface area contributed by atoms with E-state index in [0.29, 0.717) is 5.92 Å². The first-order valence-corrected chi connectivity index (χ1v) is 6.67. The van der Waals surface area contributed by atoms with Crippen molar-refractivity contribution in [2.45, 2.75) is 37.9 Å². The van der Waals surface area contributed by atoms with Gasteiger partial charge in [0.25, 0.3) is 0 Å². The van der Waals surface area contributed by atoms with Crippen LogP contribution in [0.5, 0.6) is 5.75 Å². The van der Waals surface area contributed by atoms with Gasteiger partial charge in [-0.3, -0.25) is 0 Å². The van der Waals surface area contributed by atoms with Crippen LogP contribution >= 0.6 is 15.9 Å². The molecular formula is C13H15BrO2. The Morgan fingerprint density at radius 2 is 2.12 bits per heavy atom. The van der Waals surface area contributed by atoms with Crippen molar-refractivity contribution in [1.82, 2.24) is 0 Å². The smallest absolute Gasteiger partial charge is 0.125 e. The van der Waals surface area contributed by atoms with Gasteiger partial charge in [0.1, 0.15) is 11.9 Å². The van der Waals surface area contributed by atoms with E-state index >= 15 is 0 Å². The fourth-order valence-corrected chi connectivity index (χ4v) is 2.92. The van der Waals surface area contributed by atoms with Crippen LogP contribution in [0.15, 0.2) is 22.7 Å². The summed E-state index contributed by atoms with van der Waals surface area (Å²) in [4.78, 5) is 0. The van der Waals surface area contributed by atoms with Gasteiger partial charge < -0.3 is 9.84 Å². The molecule has 0 amide bonds. The average molecular weight is 283 g/mol. The first-order valence-electron chi connectivity index (χ1n) is 5.88. The van der Waals surface area contributed by atoms with E-state index in [4.69, 9.17) is 4.74 Å². The van der Waals surface area contributed by atoms with E-state index in [1.54, 1.807) is 0 Å². The van der Waals surface area contributed by atoms with Crippen LogP contribution in [0, 0.1) is 5.92 Å². The van der Waals surface area contributed by atoms with Crippen molar-refractivity contribution in [3.63, 3.8) is 0 Å². The Bertz CT molecular complexity index is 401. The Kier molecular flexibility index (Phi) is 2.68. The van der Waals surface area contributed by atoms with Gasteiger partial charge in [-0.05, 0) is 37.0 Å². The monoisotopic (exact) mass is 282 g/mol. The standard InChI is InChI=1S/C13H15BrO2/c14-9-4-5-12-10(6-9)11(15)7-13(16-12)8-2-1-3-8/h4-6,8,11,13,15H,1-3,7H2/t11-,13?/m0/s1. The van der Waals surface area contributed by atoms with Crippen LogP contribution < -0.4 is 4.74 Å². The van der Waals surface area contributed by atoms with Crippen LogP contribution in [0.2, 0.25) is 0 Å². The number of rotatable bonds is 1. The maximum atomic E-state index is 10.1. The van der Waals surface area contributed by atoms with Crippen molar-refractivity contribution < 1.29 is 9.84 Å². The molecule has 0 saturated heterocycles. The third-order valence-electron chi connectivity index (χ3n) is 3.74. The van der Waals surface area contributed by atoms with Crippen molar-refractivity contribution in [2.75, 3.05) is 0 Å². The molecule has 1 aliphatic carbocycles. The Morgan fingerprint density at radius 1 is 1.31 bits per heavy atom. The number of halogens is 1. The molecule has 16 heavy (non-hydrogen) atoms. The van der Waals surface area contributed by atoms with Crippen molar-refractivity contribution in [3.05, 3.63) is 28.2 Å². The molecule has 0 bridgehead atoms. The number of fused-ring (bicyclic) bond motifs is 1. The van der Waals surface area contributed by atoms with E-state index in [1.807, 2.05) is 18.2 Å². The zero-order valence-electron chi connectivity index (χ0n) is 9.03. The second-order valence-corrected chi connectivity index (χ2v) is 5.70. The quantitative estimate of drug-likeness (QED) is 0.855. The lowest BCUT2D eigenvalue weighted by molar-refractivity contribution is 0.0105. The van der Waals surface area contributed by atoms with E-state index in [9.17, 15) is 5.11 Å². The molecule has 1 fully saturated rings. The number of benzene rings is 1. The summed E-state index contributed by atoms with van der Waals surface area (Å²) in [5.74, 6) is 1.52. The first-order chi connectivity index (χ1) is 7.74. The van der Waals surface area contributed by atoms with Gasteiger partial charge in [0.05, 0.1) is 6.10 Å². The van der Waals surface area contributed by atoms with Gasteiger partial charge in [0, 0.05) is 16.5 Å². The summed E-state index contributed by atoms with van der Waals surface area (Å²) in [6, 6.07) is 5.87. The summed E-state index contributed by atoms with van der Waals surface area (Å²) in [6.45, 7) is 0. The molecule has 86 valence electrons. The zero-order valence-corrected chi connectivity index (χ0v) is 10.6. The maximum Gasteiger partial charge on any atom is 0.125 e. The highest BCUT2D eigenvalue weighted by molar-refractivity contribution is 9.10. The topological polar surface area (TPSA) is 29.5 Å². The summed E-state index contributed by atoms with van der Waals surface area (Å²) in [5.41, 5.74) is 0.921. The molecule has 1 N–H and O–H groups in total. The molecule has 2 nitrogen and oxygen atoms in total. The summed E-state index contributed by atoms with van der Waals surface area (Å²) >= 11 is 3.42. The highest BCUT2D eigenvalue weighted by Gasteiger charge is 2.35. The lowest BCUT2D eigenvalue weighted by Gasteiger charge is -2.38. The molecule has 1 heterocycles. The first kappa shape index (κ1) is 10.6. The number of aliphatic hydroxyl groups is 1. The van der Waals surface area contributed by atoms with Gasteiger partial charge in [-0.15, -0.1) is 0 Å². The maximum absolute atomic E-state index is 10.1. The van der Waals surface area contributed by atoms with Crippen molar-refractivity contribution in [2.24, 2.45) is 5.92 Å². The van der Waals surface area contributed by atoms with Gasteiger partial charge in [-0.2, -0.15) is 0 Å². The van der Waals surface area contributed by atoms with Gasteiger partial charge in [0.2, 0.25) is 0 Å². The minimum atomic E-state index is -0.369. The molecular weight excluding hydrogens is 268 g/mol. The molecule has 1 aromatic carbocycles. The fraction of sp³-hybridized carbons (Fsp3) is 0.538. The molecule has 3 rings (SSSR count). The largest absolute Gasteiger partial charge is 0.490 e. The molecule has 0 spiro atoms. The minimum Gasteiger partial charge on any atom is -0.490 e. The molecule has 0 aromatic heterocycles. The van der Waals surface area contributed by atoms with Gasteiger partial charge in [-0.1, -0.05) is 22.4 Å². The molecule has 1 unspecified atom stereocenters. The van der Waals surface area contributed by atoms with Gasteiger partial charge >= 0.3 is 0 Å². The molecule has 1 saturated carbocycles. The number of aliphatic hydroxyl groups excluding tert-OH is 1. The average Bonchev–Trinajstić information content (AvgIpc) is 2.17. The van der Waals surface area contributed by atoms with E-state index in [2.05, 4.69) is 15.9 Å². The second-order valence-electron chi connectivity index (χ2n) is 4.78. The summed E-state index contributed by atoms with van der Waals surface area (Å²) in [6.07, 6.45) is 4.42. The van der Waals surface area contributed by atoms with E-state index in [-0.39, 0.29) is 12.2 Å². The van der Waals surface area contributed by atoms with Crippen LogP contribution in [0.1, 0.15) is 37.4 Å². The Morgan fingerprint density at radius 3 is 2.81 bits per heavy atom. The molecule has 1 aliphatic heterocycles. The lowest BCUT2D eigenvalue weighted by atomic mass is 9.78. The van der Waals surface area contributed by atoms with E-state index in [0.717, 1.165) is 22.2 Å². The lowest BCUT2D eigenvalue weighted by Crippen LogP contribution is -2.36. The Balaban J connectivity index is 1.87. The van der Waals surface area contributed by atoms with Crippen LogP contribution in [0.25, 0.3) is 0 Å². The van der Waals surface area contributed by atoms with Crippen molar-refractivity contribution in [3.8, 4) is 5.75 Å². The molecule has 2 aliphatic rings. The number of hydrogen-bond donors (Lipinski definition) is 1. The number of hydrogen-bond acceptors (Lipinski definition) is 2. The molecule has 0 radical (unpaired) electrons. The Hall–Kier alpha value is -0.540. The third kappa shape index (κ3) is 1.76. The number of ether oxygens (including phenoxy) is 1. The molecule has 3 heteroatoms. The van der Waals surface area contributed by atoms with Crippen LogP contribution in [0.4, 0.5) is 0 Å². The van der Waals surface area contributed by atoms with Gasteiger partial charge in [-0.25, -0.2) is 0 Å². The molecule has 2 atom stereocenters. The highest BCUT2D eigenvalue weighted by atomic mass is 79.9. The van der Waals surface area contributed by atoms with Crippen molar-refractivity contribution >= 4 is 15.9 Å². The normalized spacial score (nSPS) is 29.1. The summed E-state index contributed by atoms with van der Waals surface area (Å²) < 4.78 is 6.98. The van der Waals surface area contributed by atoms with E-state index < -0.39 is 0 Å². The summed E-state index contributed by atoms with van der Waals surface area (Å²) in [5, 5.41) is 10.1. The van der Waals surface area contributed by atoms with Gasteiger partial charge in [0.15, 0.2) is 0 Å². The minimum absolute atomic E-state index is 0.220. The SMILES string of the molecule is O[C@H]1CC(C2CCC2)Oc2ccc(Br)cc21. The van der Waals surface area contributed by atoms with Crippen LogP contribution in [0.3, 0.4) is 0 Å². The fourth-order valence-electron chi connectivity index (χ4n) is 2.55. The predicted octanol–water partition coefficient (Wildman–Crippen LogP) is 3.43. The third-order valence-corrected chi connectivity index (χ3v) is 4.23. The van der Waals surface area contributed by atoms with Crippen molar-refractivity contribution in [1.29, 1.82) is 0 Å². The van der Waals surface area contributed by atoms with E-state index in [1.165, 1.54) is 19.3 Å². The highest BCUT2D eigenvalue weighted by Crippen LogP contribution is 2.42. The zero-order chi connectivity index (χ0) is 11.1. The second kappa shape index (κ2) is 4.04.